The topological polar surface area (TPSA) is 72.0 Å². The highest BCUT2D eigenvalue weighted by Crippen LogP contribution is 2.45. The molecule has 212 valence electrons. The average molecular weight is 566 g/mol. The van der Waals surface area contributed by atoms with Gasteiger partial charge in [0.15, 0.2) is 5.69 Å². The van der Waals surface area contributed by atoms with E-state index >= 15 is 0 Å². The number of hydrogen-bond donors (Lipinski definition) is 0. The molecule has 2 aromatic rings. The Kier molecular flexibility index (Phi) is 8.70. The van der Waals surface area contributed by atoms with E-state index in [1.54, 1.807) is 52.0 Å². The summed E-state index contributed by atoms with van der Waals surface area (Å²) < 4.78 is 56.5. The molecule has 0 atom stereocenters. The number of esters is 1. The van der Waals surface area contributed by atoms with Crippen LogP contribution in [0, 0.1) is 0 Å². The lowest BCUT2D eigenvalue weighted by molar-refractivity contribution is -0.141. The highest BCUT2D eigenvalue weighted by Gasteiger charge is 2.45. The van der Waals surface area contributed by atoms with Gasteiger partial charge in [-0.25, -0.2) is 4.79 Å². The van der Waals surface area contributed by atoms with E-state index in [1.165, 1.54) is 30.4 Å². The van der Waals surface area contributed by atoms with Crippen LogP contribution in [-0.4, -0.2) is 64.9 Å². The van der Waals surface area contributed by atoms with Gasteiger partial charge in [0.1, 0.15) is 12.4 Å². The Morgan fingerprint density at radius 2 is 1.77 bits per heavy atom. The molecule has 1 aromatic heterocycles. The summed E-state index contributed by atoms with van der Waals surface area (Å²) in [5.41, 5.74) is -2.41. The maximum atomic E-state index is 13.9. The molecule has 0 spiro atoms. The zero-order valence-electron chi connectivity index (χ0n) is 22.6. The van der Waals surface area contributed by atoms with Gasteiger partial charge in [0.2, 0.25) is 0 Å². The molecule has 2 aliphatic rings. The molecule has 3 heterocycles. The second kappa shape index (κ2) is 11.7. The van der Waals surface area contributed by atoms with Gasteiger partial charge in [-0.15, -0.1) is 0 Å². The molecule has 4 rings (SSSR count). The van der Waals surface area contributed by atoms with E-state index in [0.29, 0.717) is 29.5 Å². The fourth-order valence-corrected chi connectivity index (χ4v) is 5.84. The smallest absolute Gasteiger partial charge is 0.435 e. The molecular weight excluding hydrogens is 531 g/mol. The number of aromatic nitrogens is 1. The maximum Gasteiger partial charge on any atom is 0.435 e. The van der Waals surface area contributed by atoms with Gasteiger partial charge in [0.05, 0.1) is 11.7 Å². The molecule has 1 amide bonds. The Labute approximate surface area is 230 Å². The lowest BCUT2D eigenvalue weighted by Crippen LogP contribution is -2.36. The Morgan fingerprint density at radius 3 is 2.38 bits per heavy atom. The second-order valence-electron chi connectivity index (χ2n) is 10.8. The number of nitrogens with zero attached hydrogens (tertiary/aromatic N) is 3. The first-order valence-corrected chi connectivity index (χ1v) is 13.9. The van der Waals surface area contributed by atoms with Crippen molar-refractivity contribution in [2.24, 2.45) is 0 Å². The Bertz CT molecular complexity index is 1220. The van der Waals surface area contributed by atoms with Crippen molar-refractivity contribution in [1.29, 1.82) is 0 Å². The third-order valence-corrected chi connectivity index (χ3v) is 7.96. The van der Waals surface area contributed by atoms with E-state index in [9.17, 15) is 22.8 Å². The zero-order chi connectivity index (χ0) is 28.4. The number of carbonyl (C=O) groups excluding carboxylic acids is 2. The number of hydrogen-bond acceptors (Lipinski definition) is 7. The number of carbonyl (C=O) groups is 2. The van der Waals surface area contributed by atoms with E-state index in [1.807, 2.05) is 0 Å². The summed E-state index contributed by atoms with van der Waals surface area (Å²) in [5, 5.41) is 0. The van der Waals surface area contributed by atoms with Crippen molar-refractivity contribution in [1.82, 2.24) is 14.2 Å². The standard InChI is InChI=1S/C28H34F3N3O4S/c1-18(2)38-26(36)21-16-34(17-27(3,4)24-22(21)23(32-39-24)28(29,30)31)25(35)19-8-10-20(11-9-19)37-15-14-33-12-6-5-7-13-33/h8-11,16,18H,5-7,12-15,17H2,1-4H3. The maximum absolute atomic E-state index is 13.9. The normalized spacial score (nSPS) is 17.8. The van der Waals surface area contributed by atoms with Crippen LogP contribution in [0.2, 0.25) is 0 Å². The first-order valence-electron chi connectivity index (χ1n) is 13.1. The summed E-state index contributed by atoms with van der Waals surface area (Å²) in [7, 11) is 0. The number of piperidine rings is 1. The fraction of sp³-hybridized carbons (Fsp3) is 0.536. The average Bonchev–Trinajstić information content (AvgIpc) is 3.29. The first-order chi connectivity index (χ1) is 18.4. The van der Waals surface area contributed by atoms with Gasteiger partial charge >= 0.3 is 12.1 Å². The monoisotopic (exact) mass is 565 g/mol. The predicted molar refractivity (Wildman–Crippen MR) is 143 cm³/mol. The SMILES string of the molecule is CC(C)OC(=O)C1=CN(C(=O)c2ccc(OCCN3CCCCC3)cc2)CC(C)(C)c2snc(C(F)(F)F)c21. The van der Waals surface area contributed by atoms with E-state index in [0.717, 1.165) is 19.6 Å². The Balaban J connectivity index is 1.59. The summed E-state index contributed by atoms with van der Waals surface area (Å²) in [5.74, 6) is -0.765. The minimum Gasteiger partial charge on any atom is -0.492 e. The molecule has 0 bridgehead atoms. The quantitative estimate of drug-likeness (QED) is 0.398. The summed E-state index contributed by atoms with van der Waals surface area (Å²) >= 11 is 0.692. The van der Waals surface area contributed by atoms with Gasteiger partial charge in [0.25, 0.3) is 5.91 Å². The molecule has 1 saturated heterocycles. The molecule has 0 unspecified atom stereocenters. The van der Waals surface area contributed by atoms with E-state index in [-0.39, 0.29) is 22.6 Å². The molecule has 1 aromatic carbocycles. The van der Waals surface area contributed by atoms with Crippen molar-refractivity contribution in [2.45, 2.75) is 64.7 Å². The van der Waals surface area contributed by atoms with Crippen molar-refractivity contribution in [2.75, 3.05) is 32.8 Å². The van der Waals surface area contributed by atoms with Crippen molar-refractivity contribution in [3.63, 3.8) is 0 Å². The number of likely N-dealkylation sites (tertiary alicyclic amines) is 1. The van der Waals surface area contributed by atoms with Crippen LogP contribution in [0.3, 0.4) is 0 Å². The van der Waals surface area contributed by atoms with Crippen LogP contribution < -0.4 is 4.74 Å². The van der Waals surface area contributed by atoms with Gasteiger partial charge in [-0.05, 0) is 75.6 Å². The summed E-state index contributed by atoms with van der Waals surface area (Å²) in [6.45, 7) is 10.3. The molecule has 39 heavy (non-hydrogen) atoms. The van der Waals surface area contributed by atoms with E-state index in [4.69, 9.17) is 9.47 Å². The van der Waals surface area contributed by atoms with Gasteiger partial charge in [0, 0.05) is 40.7 Å². The minimum atomic E-state index is -4.78. The third kappa shape index (κ3) is 6.81. The Hall–Kier alpha value is -2.92. The largest absolute Gasteiger partial charge is 0.492 e. The first kappa shape index (κ1) is 29.1. The van der Waals surface area contributed by atoms with Crippen LogP contribution in [-0.2, 0) is 21.1 Å². The van der Waals surface area contributed by atoms with Crippen LogP contribution in [0.5, 0.6) is 5.75 Å². The number of fused-ring (bicyclic) bond motifs is 1. The van der Waals surface area contributed by atoms with Gasteiger partial charge < -0.3 is 14.4 Å². The second-order valence-corrected chi connectivity index (χ2v) is 11.6. The van der Waals surface area contributed by atoms with Crippen LogP contribution in [0.4, 0.5) is 13.2 Å². The number of benzene rings is 1. The van der Waals surface area contributed by atoms with Crippen LogP contribution in [0.15, 0.2) is 30.5 Å². The number of halogens is 3. The molecule has 0 aliphatic carbocycles. The van der Waals surface area contributed by atoms with Crippen LogP contribution >= 0.6 is 11.5 Å². The number of amides is 1. The highest BCUT2D eigenvalue weighted by molar-refractivity contribution is 7.06. The van der Waals surface area contributed by atoms with Crippen LogP contribution in [0.1, 0.15) is 73.4 Å². The molecule has 2 aliphatic heterocycles. The van der Waals surface area contributed by atoms with Crippen molar-refractivity contribution < 1.29 is 32.2 Å². The van der Waals surface area contributed by atoms with Gasteiger partial charge in [-0.2, -0.15) is 17.5 Å². The summed E-state index contributed by atoms with van der Waals surface area (Å²) in [6.07, 6.45) is -0.488. The minimum absolute atomic E-state index is 0.0465. The number of rotatable bonds is 7. The molecule has 7 nitrogen and oxygen atoms in total. The lowest BCUT2D eigenvalue weighted by Gasteiger charge is -2.28. The van der Waals surface area contributed by atoms with Crippen LogP contribution in [0.25, 0.3) is 5.57 Å². The van der Waals surface area contributed by atoms with Crippen molar-refractivity contribution >= 4 is 29.0 Å². The number of ether oxygens (including phenoxy) is 2. The lowest BCUT2D eigenvalue weighted by atomic mass is 9.87. The van der Waals surface area contributed by atoms with Gasteiger partial charge in [-0.1, -0.05) is 20.3 Å². The van der Waals surface area contributed by atoms with E-state index in [2.05, 4.69) is 9.27 Å². The molecule has 11 heteroatoms. The van der Waals surface area contributed by atoms with Crippen molar-refractivity contribution in [3.8, 4) is 5.75 Å². The molecule has 0 radical (unpaired) electrons. The molecule has 1 fully saturated rings. The molecule has 0 saturated carbocycles. The Morgan fingerprint density at radius 1 is 1.10 bits per heavy atom. The van der Waals surface area contributed by atoms with Crippen molar-refractivity contribution in [3.05, 3.63) is 52.2 Å². The third-order valence-electron chi connectivity index (χ3n) is 6.74. The molecular formula is C28H34F3N3O4S. The fourth-order valence-electron chi connectivity index (χ4n) is 4.86. The summed E-state index contributed by atoms with van der Waals surface area (Å²) in [4.78, 5) is 30.5. The zero-order valence-corrected chi connectivity index (χ0v) is 23.5. The highest BCUT2D eigenvalue weighted by atomic mass is 32.1. The summed E-state index contributed by atoms with van der Waals surface area (Å²) in [6, 6.07) is 6.64. The number of alkyl halides is 3. The predicted octanol–water partition coefficient (Wildman–Crippen LogP) is 5.75. The van der Waals surface area contributed by atoms with Gasteiger partial charge in [-0.3, -0.25) is 9.69 Å². The molecule has 0 N–H and O–H groups in total. The van der Waals surface area contributed by atoms with E-state index < -0.39 is 35.3 Å².